The Balaban J connectivity index is 2.51. The maximum atomic E-state index is 11.7. The van der Waals surface area contributed by atoms with Crippen LogP contribution in [0.1, 0.15) is 30.6 Å². The Kier molecular flexibility index (Phi) is 6.22. The molecule has 0 fully saturated rings. The molecule has 0 saturated carbocycles. The highest BCUT2D eigenvalue weighted by molar-refractivity contribution is 5.94. The van der Waals surface area contributed by atoms with E-state index >= 15 is 0 Å². The molecular weight excluding hydrogens is 228 g/mol. The molecule has 0 aliphatic carbocycles. The molecule has 0 saturated heterocycles. The molecule has 1 unspecified atom stereocenters. The third kappa shape index (κ3) is 4.75. The largest absolute Gasteiger partial charge is 0.491 e. The fourth-order valence-corrected chi connectivity index (χ4v) is 1.40. The van der Waals surface area contributed by atoms with E-state index in [9.17, 15) is 4.79 Å². The number of ether oxygens (including phenoxy) is 1. The van der Waals surface area contributed by atoms with Crippen LogP contribution in [-0.4, -0.2) is 32.1 Å². The predicted molar refractivity (Wildman–Crippen MR) is 73.1 cm³/mol. The first-order valence-corrected chi connectivity index (χ1v) is 6.37. The Hall–Kier alpha value is -1.55. The van der Waals surface area contributed by atoms with Gasteiger partial charge < -0.3 is 15.4 Å². The van der Waals surface area contributed by atoms with Crippen molar-refractivity contribution in [1.29, 1.82) is 0 Å². The van der Waals surface area contributed by atoms with Crippen molar-refractivity contribution in [2.75, 3.05) is 20.1 Å². The lowest BCUT2D eigenvalue weighted by Crippen LogP contribution is -2.30. The van der Waals surface area contributed by atoms with Gasteiger partial charge >= 0.3 is 0 Å². The highest BCUT2D eigenvalue weighted by Gasteiger charge is 2.05. The molecule has 100 valence electrons. The van der Waals surface area contributed by atoms with Crippen LogP contribution in [-0.2, 0) is 0 Å². The van der Waals surface area contributed by atoms with Crippen molar-refractivity contribution >= 4 is 5.91 Å². The Morgan fingerprint density at radius 2 is 1.94 bits per heavy atom. The molecule has 1 aromatic rings. The number of rotatable bonds is 7. The minimum atomic E-state index is -0.0552. The molecule has 0 spiro atoms. The number of benzene rings is 1. The van der Waals surface area contributed by atoms with Crippen molar-refractivity contribution in [1.82, 2.24) is 10.6 Å². The van der Waals surface area contributed by atoms with E-state index in [-0.39, 0.29) is 12.0 Å². The maximum Gasteiger partial charge on any atom is 0.251 e. The third-order valence-corrected chi connectivity index (χ3v) is 2.69. The maximum absolute atomic E-state index is 11.7. The zero-order chi connectivity index (χ0) is 13.4. The fourth-order valence-electron chi connectivity index (χ4n) is 1.40. The van der Waals surface area contributed by atoms with Crippen LogP contribution < -0.4 is 15.4 Å². The molecule has 0 bridgehead atoms. The van der Waals surface area contributed by atoms with Crippen molar-refractivity contribution in [3.8, 4) is 5.75 Å². The summed E-state index contributed by atoms with van der Waals surface area (Å²) in [7, 11) is 1.85. The van der Waals surface area contributed by atoms with E-state index in [2.05, 4.69) is 17.6 Å². The van der Waals surface area contributed by atoms with Gasteiger partial charge in [-0.2, -0.15) is 0 Å². The standard InChI is InChI=1S/C14H22N2O2/c1-4-11(2)18-13-7-5-12(6-8-13)14(17)16-10-9-15-3/h5-8,11,15H,4,9-10H2,1-3H3,(H,16,17). The number of nitrogens with one attached hydrogen (secondary N) is 2. The van der Waals surface area contributed by atoms with Crippen molar-refractivity contribution in [2.24, 2.45) is 0 Å². The zero-order valence-corrected chi connectivity index (χ0v) is 11.3. The predicted octanol–water partition coefficient (Wildman–Crippen LogP) is 1.81. The number of carbonyl (C=O) groups excluding carboxylic acids is 1. The van der Waals surface area contributed by atoms with E-state index < -0.39 is 0 Å². The molecule has 18 heavy (non-hydrogen) atoms. The quantitative estimate of drug-likeness (QED) is 0.726. The topological polar surface area (TPSA) is 50.4 Å². The fraction of sp³-hybridized carbons (Fsp3) is 0.500. The first-order valence-electron chi connectivity index (χ1n) is 6.37. The van der Waals surface area contributed by atoms with Crippen LogP contribution in [0.5, 0.6) is 5.75 Å². The lowest BCUT2D eigenvalue weighted by molar-refractivity contribution is 0.0954. The van der Waals surface area contributed by atoms with Gasteiger partial charge in [0, 0.05) is 18.7 Å². The minimum Gasteiger partial charge on any atom is -0.491 e. The first kappa shape index (κ1) is 14.5. The summed E-state index contributed by atoms with van der Waals surface area (Å²) in [5, 5.41) is 5.81. The minimum absolute atomic E-state index is 0.0552. The first-order chi connectivity index (χ1) is 8.67. The molecule has 1 atom stereocenters. The van der Waals surface area contributed by atoms with E-state index in [0.717, 1.165) is 18.7 Å². The molecule has 0 aliphatic rings. The second kappa shape index (κ2) is 7.71. The average molecular weight is 250 g/mol. The van der Waals surface area contributed by atoms with Gasteiger partial charge in [-0.1, -0.05) is 6.92 Å². The summed E-state index contributed by atoms with van der Waals surface area (Å²) in [5.74, 6) is 0.747. The van der Waals surface area contributed by atoms with Crippen molar-refractivity contribution in [2.45, 2.75) is 26.4 Å². The highest BCUT2D eigenvalue weighted by atomic mass is 16.5. The van der Waals surface area contributed by atoms with Crippen LogP contribution in [0, 0.1) is 0 Å². The number of carbonyl (C=O) groups is 1. The van der Waals surface area contributed by atoms with E-state index in [1.807, 2.05) is 26.1 Å². The molecular formula is C14H22N2O2. The van der Waals surface area contributed by atoms with Crippen LogP contribution in [0.3, 0.4) is 0 Å². The van der Waals surface area contributed by atoms with Crippen LogP contribution in [0.15, 0.2) is 24.3 Å². The smallest absolute Gasteiger partial charge is 0.251 e. The van der Waals surface area contributed by atoms with Gasteiger partial charge in [0.15, 0.2) is 0 Å². The van der Waals surface area contributed by atoms with E-state index in [4.69, 9.17) is 4.74 Å². The van der Waals surface area contributed by atoms with Gasteiger partial charge in [-0.3, -0.25) is 4.79 Å². The molecule has 1 rings (SSSR count). The molecule has 1 amide bonds. The van der Waals surface area contributed by atoms with Gasteiger partial charge in [-0.15, -0.1) is 0 Å². The second-order valence-corrected chi connectivity index (χ2v) is 4.22. The van der Waals surface area contributed by atoms with E-state index in [0.29, 0.717) is 12.1 Å². The molecule has 4 heteroatoms. The molecule has 2 N–H and O–H groups in total. The van der Waals surface area contributed by atoms with Gasteiger partial charge in [0.1, 0.15) is 5.75 Å². The van der Waals surface area contributed by atoms with Gasteiger partial charge in [-0.25, -0.2) is 0 Å². The highest BCUT2D eigenvalue weighted by Crippen LogP contribution is 2.14. The SMILES string of the molecule is CCC(C)Oc1ccc(C(=O)NCCNC)cc1. The second-order valence-electron chi connectivity index (χ2n) is 4.22. The summed E-state index contributed by atoms with van der Waals surface area (Å²) >= 11 is 0. The van der Waals surface area contributed by atoms with Crippen LogP contribution in [0.25, 0.3) is 0 Å². The molecule has 0 radical (unpaired) electrons. The van der Waals surface area contributed by atoms with Crippen molar-refractivity contribution in [3.63, 3.8) is 0 Å². The van der Waals surface area contributed by atoms with Crippen LogP contribution in [0.2, 0.25) is 0 Å². The Morgan fingerprint density at radius 1 is 1.28 bits per heavy atom. The molecule has 0 aliphatic heterocycles. The lowest BCUT2D eigenvalue weighted by atomic mass is 10.2. The van der Waals surface area contributed by atoms with Gasteiger partial charge in [0.25, 0.3) is 5.91 Å². The normalized spacial score (nSPS) is 11.9. The summed E-state index contributed by atoms with van der Waals surface area (Å²) in [6.07, 6.45) is 1.16. The molecule has 0 heterocycles. The van der Waals surface area contributed by atoms with Crippen molar-refractivity contribution < 1.29 is 9.53 Å². The lowest BCUT2D eigenvalue weighted by Gasteiger charge is -2.12. The Morgan fingerprint density at radius 3 is 2.50 bits per heavy atom. The summed E-state index contributed by atoms with van der Waals surface area (Å²) < 4.78 is 5.66. The summed E-state index contributed by atoms with van der Waals surface area (Å²) in [5.41, 5.74) is 0.655. The average Bonchev–Trinajstić information content (AvgIpc) is 2.39. The Bertz CT molecular complexity index is 363. The molecule has 4 nitrogen and oxygen atoms in total. The van der Waals surface area contributed by atoms with E-state index in [1.54, 1.807) is 12.1 Å². The number of hydrogen-bond acceptors (Lipinski definition) is 3. The molecule has 0 aromatic heterocycles. The van der Waals surface area contributed by atoms with Crippen molar-refractivity contribution in [3.05, 3.63) is 29.8 Å². The third-order valence-electron chi connectivity index (χ3n) is 2.69. The van der Waals surface area contributed by atoms with Gasteiger partial charge in [0.05, 0.1) is 6.10 Å². The Labute approximate surface area is 109 Å². The molecule has 1 aromatic carbocycles. The monoisotopic (exact) mass is 250 g/mol. The zero-order valence-electron chi connectivity index (χ0n) is 11.3. The number of hydrogen-bond donors (Lipinski definition) is 2. The number of amides is 1. The summed E-state index contributed by atoms with van der Waals surface area (Å²) in [4.78, 5) is 11.7. The number of likely N-dealkylation sites (N-methyl/N-ethyl adjacent to an activating group) is 1. The van der Waals surface area contributed by atoms with Crippen LogP contribution >= 0.6 is 0 Å². The van der Waals surface area contributed by atoms with Gasteiger partial charge in [0.2, 0.25) is 0 Å². The van der Waals surface area contributed by atoms with Crippen LogP contribution in [0.4, 0.5) is 0 Å². The summed E-state index contributed by atoms with van der Waals surface area (Å²) in [6.45, 7) is 5.49. The van der Waals surface area contributed by atoms with E-state index in [1.165, 1.54) is 0 Å². The summed E-state index contributed by atoms with van der Waals surface area (Å²) in [6, 6.07) is 7.23. The van der Waals surface area contributed by atoms with Gasteiger partial charge in [-0.05, 0) is 44.7 Å².